The van der Waals surface area contributed by atoms with Gasteiger partial charge in [-0.15, -0.1) is 0 Å². The number of carbonyl (C=O) groups is 1. The van der Waals surface area contributed by atoms with E-state index in [1.807, 2.05) is 0 Å². The highest BCUT2D eigenvalue weighted by molar-refractivity contribution is 5.86. The van der Waals surface area contributed by atoms with Gasteiger partial charge in [-0.25, -0.2) is 4.79 Å². The van der Waals surface area contributed by atoms with Gasteiger partial charge in [0.25, 0.3) is 0 Å². The summed E-state index contributed by atoms with van der Waals surface area (Å²) in [5.41, 5.74) is 0.448. The molecule has 1 rings (SSSR count). The van der Waals surface area contributed by atoms with Crippen molar-refractivity contribution in [2.24, 2.45) is 23.7 Å². The molecule has 0 aromatic rings. The van der Waals surface area contributed by atoms with E-state index in [-0.39, 0.29) is 11.9 Å². The second-order valence-corrected chi connectivity index (χ2v) is 7.18. The molecule has 0 bridgehead atoms. The van der Waals surface area contributed by atoms with Crippen LogP contribution in [0.25, 0.3) is 0 Å². The lowest BCUT2D eigenvalue weighted by Crippen LogP contribution is -2.35. The van der Waals surface area contributed by atoms with Crippen LogP contribution in [0.2, 0.25) is 0 Å². The minimum absolute atomic E-state index is 0.221. The van der Waals surface area contributed by atoms with Crippen LogP contribution in [0.1, 0.15) is 53.9 Å². The Hall–Kier alpha value is -0.830. The Bertz CT molecular complexity index is 348. The van der Waals surface area contributed by atoms with Crippen LogP contribution >= 0.6 is 0 Å². The minimum atomic E-state index is -0.312. The van der Waals surface area contributed by atoms with E-state index < -0.39 is 0 Å². The Labute approximate surface area is 130 Å². The van der Waals surface area contributed by atoms with Crippen LogP contribution in [-0.4, -0.2) is 25.3 Å². The van der Waals surface area contributed by atoms with Crippen molar-refractivity contribution < 1.29 is 14.3 Å². The molecule has 1 aliphatic carbocycles. The average Bonchev–Trinajstić information content (AvgIpc) is 2.41. The van der Waals surface area contributed by atoms with Crippen LogP contribution in [0.3, 0.4) is 0 Å². The van der Waals surface area contributed by atoms with Crippen molar-refractivity contribution in [3.63, 3.8) is 0 Å². The maximum Gasteiger partial charge on any atom is 0.333 e. The van der Waals surface area contributed by atoms with E-state index in [9.17, 15) is 4.79 Å². The second-order valence-electron chi connectivity index (χ2n) is 7.18. The molecule has 3 heteroatoms. The number of esters is 1. The van der Waals surface area contributed by atoms with E-state index in [0.29, 0.717) is 36.7 Å². The van der Waals surface area contributed by atoms with Gasteiger partial charge in [0, 0.05) is 11.5 Å². The molecule has 21 heavy (non-hydrogen) atoms. The summed E-state index contributed by atoms with van der Waals surface area (Å²) in [6.07, 6.45) is 4.09. The zero-order chi connectivity index (χ0) is 16.0. The lowest BCUT2D eigenvalue weighted by atomic mass is 9.75. The molecule has 0 aromatic carbocycles. The molecule has 0 amide bonds. The maximum absolute atomic E-state index is 11.4. The van der Waals surface area contributed by atoms with Gasteiger partial charge in [-0.1, -0.05) is 40.7 Å². The Morgan fingerprint density at radius 2 is 1.90 bits per heavy atom. The molecule has 1 aliphatic rings. The van der Waals surface area contributed by atoms with Crippen LogP contribution in [0.5, 0.6) is 0 Å². The van der Waals surface area contributed by atoms with Crippen molar-refractivity contribution >= 4 is 5.97 Å². The predicted molar refractivity (Wildman–Crippen MR) is 86.0 cm³/mol. The van der Waals surface area contributed by atoms with Gasteiger partial charge in [-0.3, -0.25) is 0 Å². The normalized spacial score (nSPS) is 27.4. The highest BCUT2D eigenvalue weighted by Gasteiger charge is 2.31. The lowest BCUT2D eigenvalue weighted by Gasteiger charge is -2.37. The third kappa shape index (κ3) is 6.21. The van der Waals surface area contributed by atoms with E-state index >= 15 is 0 Å². The number of hydrogen-bond donors (Lipinski definition) is 0. The fourth-order valence-corrected chi connectivity index (χ4v) is 2.98. The monoisotopic (exact) mass is 296 g/mol. The fraction of sp³-hybridized carbons (Fsp3) is 0.833. The van der Waals surface area contributed by atoms with Gasteiger partial charge in [-0.05, 0) is 37.5 Å². The zero-order valence-electron chi connectivity index (χ0n) is 14.4. The maximum atomic E-state index is 11.4. The van der Waals surface area contributed by atoms with E-state index in [4.69, 9.17) is 9.47 Å². The van der Waals surface area contributed by atoms with Crippen LogP contribution in [0.4, 0.5) is 0 Å². The molecule has 0 aromatic heterocycles. The van der Waals surface area contributed by atoms with Crippen molar-refractivity contribution in [2.45, 2.75) is 60.0 Å². The van der Waals surface area contributed by atoms with Gasteiger partial charge >= 0.3 is 5.97 Å². The zero-order valence-corrected chi connectivity index (χ0v) is 14.4. The van der Waals surface area contributed by atoms with Crippen LogP contribution < -0.4 is 0 Å². The van der Waals surface area contributed by atoms with Crippen LogP contribution in [0.15, 0.2) is 12.2 Å². The van der Waals surface area contributed by atoms with Crippen molar-refractivity contribution in [2.75, 3.05) is 13.2 Å². The lowest BCUT2D eigenvalue weighted by molar-refractivity contribution is -0.141. The number of hydrogen-bond acceptors (Lipinski definition) is 3. The topological polar surface area (TPSA) is 35.5 Å². The Balaban J connectivity index is 2.37. The first-order chi connectivity index (χ1) is 9.81. The Morgan fingerprint density at radius 3 is 2.48 bits per heavy atom. The van der Waals surface area contributed by atoms with E-state index in [2.05, 4.69) is 34.3 Å². The first-order valence-electron chi connectivity index (χ1n) is 8.25. The number of ether oxygens (including phenoxy) is 2. The molecule has 4 atom stereocenters. The second kappa shape index (κ2) is 8.57. The molecular weight excluding hydrogens is 264 g/mol. The molecule has 1 fully saturated rings. The van der Waals surface area contributed by atoms with Gasteiger partial charge in [0.2, 0.25) is 0 Å². The molecule has 0 N–H and O–H groups in total. The molecule has 0 aliphatic heterocycles. The SMILES string of the molecule is C=C(C)C(=O)OCC(C)COC1CC(C)CCC1C(C)C. The molecule has 0 heterocycles. The van der Waals surface area contributed by atoms with E-state index in [1.165, 1.54) is 12.8 Å². The fourth-order valence-electron chi connectivity index (χ4n) is 2.98. The quantitative estimate of drug-likeness (QED) is 0.521. The molecule has 1 saturated carbocycles. The van der Waals surface area contributed by atoms with Crippen LogP contribution in [-0.2, 0) is 14.3 Å². The van der Waals surface area contributed by atoms with Gasteiger partial charge < -0.3 is 9.47 Å². The van der Waals surface area contributed by atoms with Gasteiger partial charge in [-0.2, -0.15) is 0 Å². The highest BCUT2D eigenvalue weighted by Crippen LogP contribution is 2.35. The van der Waals surface area contributed by atoms with Gasteiger partial charge in [0.15, 0.2) is 0 Å². The number of carbonyl (C=O) groups excluding carboxylic acids is 1. The van der Waals surface area contributed by atoms with E-state index in [1.54, 1.807) is 6.92 Å². The van der Waals surface area contributed by atoms with Crippen molar-refractivity contribution in [3.8, 4) is 0 Å². The van der Waals surface area contributed by atoms with Crippen molar-refractivity contribution in [1.82, 2.24) is 0 Å². The summed E-state index contributed by atoms with van der Waals surface area (Å²) < 4.78 is 11.4. The summed E-state index contributed by atoms with van der Waals surface area (Å²) in [5, 5.41) is 0. The summed E-state index contributed by atoms with van der Waals surface area (Å²) in [6.45, 7) is 15.3. The summed E-state index contributed by atoms with van der Waals surface area (Å²) in [7, 11) is 0. The van der Waals surface area contributed by atoms with Crippen LogP contribution in [0, 0.1) is 23.7 Å². The average molecular weight is 296 g/mol. The minimum Gasteiger partial charge on any atom is -0.462 e. The molecule has 4 unspecified atom stereocenters. The molecule has 0 saturated heterocycles. The summed E-state index contributed by atoms with van der Waals surface area (Å²) >= 11 is 0. The Kier molecular flexibility index (Phi) is 7.44. The molecule has 0 radical (unpaired) electrons. The predicted octanol–water partition coefficient (Wildman–Crippen LogP) is 4.22. The van der Waals surface area contributed by atoms with Gasteiger partial charge in [0.1, 0.15) is 0 Å². The standard InChI is InChI=1S/C18H32O3/c1-12(2)16-8-7-14(5)9-17(16)20-10-15(6)11-21-18(19)13(3)4/h12,14-17H,3,7-11H2,1-2,4-6H3. The van der Waals surface area contributed by atoms with Crippen molar-refractivity contribution in [3.05, 3.63) is 12.2 Å². The van der Waals surface area contributed by atoms with Crippen molar-refractivity contribution in [1.29, 1.82) is 0 Å². The first kappa shape index (κ1) is 18.2. The molecule has 3 nitrogen and oxygen atoms in total. The van der Waals surface area contributed by atoms with Gasteiger partial charge in [0.05, 0.1) is 19.3 Å². The molecule has 0 spiro atoms. The smallest absolute Gasteiger partial charge is 0.333 e. The first-order valence-corrected chi connectivity index (χ1v) is 8.25. The largest absolute Gasteiger partial charge is 0.462 e. The summed E-state index contributed by atoms with van der Waals surface area (Å²) in [4.78, 5) is 11.4. The third-order valence-electron chi connectivity index (χ3n) is 4.40. The Morgan fingerprint density at radius 1 is 1.24 bits per heavy atom. The highest BCUT2D eigenvalue weighted by atomic mass is 16.5. The summed E-state index contributed by atoms with van der Waals surface area (Å²) in [6, 6.07) is 0. The van der Waals surface area contributed by atoms with E-state index in [0.717, 1.165) is 12.3 Å². The summed E-state index contributed by atoms with van der Waals surface area (Å²) in [5.74, 6) is 1.98. The third-order valence-corrected chi connectivity index (χ3v) is 4.40. The molecule has 122 valence electrons. The molecular formula is C18H32O3. The number of rotatable bonds is 7.